The number of rotatable bonds is 10. The molecular formula is C22H22FN5O3S2. The minimum atomic E-state index is -0.449. The van der Waals surface area contributed by atoms with Gasteiger partial charge < -0.3 is 14.8 Å². The molecule has 0 bridgehead atoms. The topological polar surface area (TPSA) is 91.2 Å². The molecule has 0 radical (unpaired) electrons. The lowest BCUT2D eigenvalue weighted by atomic mass is 10.3. The minimum absolute atomic E-state index is 0.0282. The van der Waals surface area contributed by atoms with E-state index in [0.717, 1.165) is 10.2 Å². The van der Waals surface area contributed by atoms with Crippen molar-refractivity contribution < 1.29 is 18.7 Å². The number of hydrogen-bond acceptors (Lipinski definition) is 8. The summed E-state index contributed by atoms with van der Waals surface area (Å²) >= 11 is 2.67. The van der Waals surface area contributed by atoms with E-state index in [-0.39, 0.29) is 30.1 Å². The molecule has 1 unspecified atom stereocenters. The lowest BCUT2D eigenvalue weighted by Crippen LogP contribution is -2.18. The van der Waals surface area contributed by atoms with Crippen molar-refractivity contribution >= 4 is 44.4 Å². The molecular weight excluding hydrogens is 465 g/mol. The fourth-order valence-electron chi connectivity index (χ4n) is 3.18. The van der Waals surface area contributed by atoms with Crippen molar-refractivity contribution in [1.29, 1.82) is 0 Å². The van der Waals surface area contributed by atoms with Crippen LogP contribution in [-0.2, 0) is 16.1 Å². The number of aromatic nitrogens is 4. The summed E-state index contributed by atoms with van der Waals surface area (Å²) in [4.78, 5) is 16.9. The van der Waals surface area contributed by atoms with E-state index >= 15 is 0 Å². The van der Waals surface area contributed by atoms with E-state index in [2.05, 4.69) is 20.5 Å². The first-order valence-corrected chi connectivity index (χ1v) is 11.9. The highest BCUT2D eigenvalue weighted by Crippen LogP contribution is 2.27. The summed E-state index contributed by atoms with van der Waals surface area (Å²) in [7, 11) is 1.61. The number of para-hydroxylation sites is 2. The maximum absolute atomic E-state index is 13.9. The van der Waals surface area contributed by atoms with Crippen LogP contribution < -0.4 is 10.1 Å². The Bertz CT molecular complexity index is 1210. The number of ether oxygens (including phenoxy) is 2. The molecule has 0 aliphatic rings. The maximum Gasteiger partial charge on any atom is 0.236 e. The Morgan fingerprint density at radius 3 is 2.79 bits per heavy atom. The lowest BCUT2D eigenvalue weighted by molar-refractivity contribution is -0.113. The number of halogens is 1. The van der Waals surface area contributed by atoms with Crippen molar-refractivity contribution in [3.8, 4) is 5.75 Å². The molecule has 0 saturated carbocycles. The number of anilines is 1. The van der Waals surface area contributed by atoms with Crippen molar-refractivity contribution in [3.63, 3.8) is 0 Å². The van der Waals surface area contributed by atoms with Crippen LogP contribution in [-0.4, -0.2) is 45.1 Å². The van der Waals surface area contributed by atoms with Gasteiger partial charge in [-0.05, 0) is 31.2 Å². The molecule has 2 heterocycles. The zero-order valence-electron chi connectivity index (χ0n) is 18.0. The Morgan fingerprint density at radius 2 is 2.00 bits per heavy atom. The van der Waals surface area contributed by atoms with Crippen LogP contribution in [0.25, 0.3) is 10.2 Å². The Balaban J connectivity index is 1.43. The fourth-order valence-corrected chi connectivity index (χ4v) is 4.92. The smallest absolute Gasteiger partial charge is 0.236 e. The first kappa shape index (κ1) is 23.1. The van der Waals surface area contributed by atoms with E-state index in [9.17, 15) is 9.18 Å². The summed E-state index contributed by atoms with van der Waals surface area (Å²) in [6.45, 7) is 2.39. The molecule has 0 aliphatic heterocycles. The van der Waals surface area contributed by atoms with Gasteiger partial charge in [0, 0.05) is 7.11 Å². The van der Waals surface area contributed by atoms with Gasteiger partial charge in [-0.25, -0.2) is 9.37 Å². The average molecular weight is 488 g/mol. The Hall–Kier alpha value is -3.02. The van der Waals surface area contributed by atoms with Gasteiger partial charge >= 0.3 is 0 Å². The van der Waals surface area contributed by atoms with Gasteiger partial charge in [-0.1, -0.05) is 47.4 Å². The van der Waals surface area contributed by atoms with Gasteiger partial charge in [0.05, 0.1) is 28.6 Å². The number of amides is 1. The predicted molar refractivity (Wildman–Crippen MR) is 126 cm³/mol. The van der Waals surface area contributed by atoms with Crippen molar-refractivity contribution in [2.24, 2.45) is 0 Å². The van der Waals surface area contributed by atoms with Crippen LogP contribution in [0, 0.1) is 5.82 Å². The molecule has 0 spiro atoms. The highest BCUT2D eigenvalue weighted by molar-refractivity contribution is 7.99. The summed E-state index contributed by atoms with van der Waals surface area (Å²) in [5.74, 6) is 0.126. The highest BCUT2D eigenvalue weighted by Gasteiger charge is 2.20. The van der Waals surface area contributed by atoms with Crippen LogP contribution in [0.1, 0.15) is 18.8 Å². The quantitative estimate of drug-likeness (QED) is 0.328. The Morgan fingerprint density at radius 1 is 1.21 bits per heavy atom. The number of hydrogen-bond donors (Lipinski definition) is 1. The van der Waals surface area contributed by atoms with Gasteiger partial charge in [0.1, 0.15) is 6.61 Å². The Kier molecular flexibility index (Phi) is 7.53. The van der Waals surface area contributed by atoms with E-state index in [1.165, 1.54) is 29.2 Å². The first-order valence-electron chi connectivity index (χ1n) is 10.1. The SMILES string of the molecule is COCC(C)n1c(COc2ccccc2F)nnc1SCC(=O)Nc1nc2ccccc2s1. The summed E-state index contributed by atoms with van der Waals surface area (Å²) in [6, 6.07) is 13.8. The molecule has 172 valence electrons. The van der Waals surface area contributed by atoms with Gasteiger partial charge in [0.15, 0.2) is 27.7 Å². The number of carbonyl (C=O) groups is 1. The number of thiazole rings is 1. The van der Waals surface area contributed by atoms with Crippen LogP contribution in [0.2, 0.25) is 0 Å². The molecule has 1 amide bonds. The van der Waals surface area contributed by atoms with E-state index in [1.54, 1.807) is 25.3 Å². The van der Waals surface area contributed by atoms with Crippen LogP contribution in [0.5, 0.6) is 5.75 Å². The number of methoxy groups -OCH3 is 1. The zero-order valence-corrected chi connectivity index (χ0v) is 19.7. The summed E-state index contributed by atoms with van der Waals surface area (Å²) in [5, 5.41) is 12.4. The highest BCUT2D eigenvalue weighted by atomic mass is 32.2. The normalized spacial score (nSPS) is 12.1. The van der Waals surface area contributed by atoms with E-state index in [1.807, 2.05) is 35.8 Å². The van der Waals surface area contributed by atoms with E-state index in [0.29, 0.717) is 22.7 Å². The number of benzene rings is 2. The number of nitrogens with one attached hydrogen (secondary N) is 1. The summed E-state index contributed by atoms with van der Waals surface area (Å²) in [5.41, 5.74) is 0.845. The van der Waals surface area contributed by atoms with Crippen molar-refractivity contribution in [3.05, 3.63) is 60.2 Å². The second-order valence-electron chi connectivity index (χ2n) is 7.12. The molecule has 33 heavy (non-hydrogen) atoms. The standard InChI is InChI=1S/C22H22FN5O3S2/c1-14(11-30-2)28-19(12-31-17-9-5-3-7-15(17)23)26-27-22(28)32-13-20(29)25-21-24-16-8-4-6-10-18(16)33-21/h3-10,14H,11-13H2,1-2H3,(H,24,25,29). The molecule has 2 aromatic heterocycles. The number of fused-ring (bicyclic) bond motifs is 1. The van der Waals surface area contributed by atoms with Crippen molar-refractivity contribution in [1.82, 2.24) is 19.7 Å². The number of thioether (sulfide) groups is 1. The van der Waals surface area contributed by atoms with Gasteiger partial charge in [-0.3, -0.25) is 9.36 Å². The van der Waals surface area contributed by atoms with Crippen LogP contribution in [0.4, 0.5) is 9.52 Å². The van der Waals surface area contributed by atoms with Crippen LogP contribution in [0.3, 0.4) is 0 Å². The van der Waals surface area contributed by atoms with Gasteiger partial charge in [-0.15, -0.1) is 10.2 Å². The molecule has 1 atom stereocenters. The summed E-state index contributed by atoms with van der Waals surface area (Å²) < 4.78 is 27.6. The molecule has 0 aliphatic carbocycles. The second-order valence-corrected chi connectivity index (χ2v) is 9.09. The largest absolute Gasteiger partial charge is 0.483 e. The number of nitrogens with zero attached hydrogens (tertiary/aromatic N) is 4. The zero-order chi connectivity index (χ0) is 23.2. The molecule has 11 heteroatoms. The maximum atomic E-state index is 13.9. The molecule has 2 aromatic carbocycles. The predicted octanol–water partition coefficient (Wildman–Crippen LogP) is 4.54. The second kappa shape index (κ2) is 10.7. The van der Waals surface area contributed by atoms with Gasteiger partial charge in [0.2, 0.25) is 5.91 Å². The third-order valence-corrected chi connectivity index (χ3v) is 6.54. The average Bonchev–Trinajstić information content (AvgIpc) is 3.40. The van der Waals surface area contributed by atoms with Gasteiger partial charge in [0.25, 0.3) is 0 Å². The van der Waals surface area contributed by atoms with Crippen molar-refractivity contribution in [2.75, 3.05) is 24.8 Å². The first-order chi connectivity index (χ1) is 16.0. The molecule has 0 saturated heterocycles. The molecule has 4 rings (SSSR count). The number of carbonyl (C=O) groups excluding carboxylic acids is 1. The molecule has 0 fully saturated rings. The van der Waals surface area contributed by atoms with Gasteiger partial charge in [-0.2, -0.15) is 0 Å². The van der Waals surface area contributed by atoms with Crippen LogP contribution in [0.15, 0.2) is 53.7 Å². The fraction of sp³-hybridized carbons (Fsp3) is 0.273. The lowest BCUT2D eigenvalue weighted by Gasteiger charge is -2.17. The molecule has 1 N–H and O–H groups in total. The minimum Gasteiger partial charge on any atom is -0.483 e. The summed E-state index contributed by atoms with van der Waals surface area (Å²) in [6.07, 6.45) is 0. The third kappa shape index (κ3) is 5.67. The van der Waals surface area contributed by atoms with E-state index < -0.39 is 5.82 Å². The van der Waals surface area contributed by atoms with E-state index in [4.69, 9.17) is 9.47 Å². The Labute approximate surface area is 198 Å². The van der Waals surface area contributed by atoms with Crippen LogP contribution >= 0.6 is 23.1 Å². The molecule has 8 nitrogen and oxygen atoms in total. The molecule has 4 aromatic rings. The third-order valence-electron chi connectivity index (χ3n) is 4.65. The monoisotopic (exact) mass is 487 g/mol. The van der Waals surface area contributed by atoms with Crippen molar-refractivity contribution in [2.45, 2.75) is 24.7 Å².